The van der Waals surface area contributed by atoms with E-state index < -0.39 is 23.6 Å². The lowest BCUT2D eigenvalue weighted by Crippen LogP contribution is -2.18. The third-order valence-electron chi connectivity index (χ3n) is 2.95. The SMILES string of the molecule is C=CCC(C(=C)c1cccc(C(F)(F)F)c1)C(=O)OCC. The summed E-state index contributed by atoms with van der Waals surface area (Å²) in [6.45, 7) is 9.16. The van der Waals surface area contributed by atoms with E-state index in [9.17, 15) is 18.0 Å². The van der Waals surface area contributed by atoms with Gasteiger partial charge in [-0.05, 0) is 36.6 Å². The molecular weight excluding hydrogens is 281 g/mol. The Hall–Kier alpha value is -2.04. The van der Waals surface area contributed by atoms with Gasteiger partial charge in [0.2, 0.25) is 0 Å². The minimum Gasteiger partial charge on any atom is -0.466 e. The largest absolute Gasteiger partial charge is 0.466 e. The molecule has 0 aliphatic heterocycles. The first-order valence-electron chi connectivity index (χ1n) is 6.45. The quantitative estimate of drug-likeness (QED) is 0.572. The van der Waals surface area contributed by atoms with Gasteiger partial charge in [-0.3, -0.25) is 4.79 Å². The second-order valence-electron chi connectivity index (χ2n) is 4.43. The molecule has 1 aromatic rings. The van der Waals surface area contributed by atoms with Crippen molar-refractivity contribution < 1.29 is 22.7 Å². The number of alkyl halides is 3. The van der Waals surface area contributed by atoms with Crippen LogP contribution in [0.2, 0.25) is 0 Å². The van der Waals surface area contributed by atoms with Crippen LogP contribution in [0.25, 0.3) is 5.57 Å². The highest BCUT2D eigenvalue weighted by Crippen LogP contribution is 2.33. The first-order valence-corrected chi connectivity index (χ1v) is 6.45. The summed E-state index contributed by atoms with van der Waals surface area (Å²) in [6.07, 6.45) is -2.66. The fourth-order valence-corrected chi connectivity index (χ4v) is 1.89. The van der Waals surface area contributed by atoms with Crippen molar-refractivity contribution in [3.8, 4) is 0 Å². The van der Waals surface area contributed by atoms with Crippen LogP contribution in [-0.2, 0) is 15.7 Å². The molecule has 5 heteroatoms. The lowest BCUT2D eigenvalue weighted by molar-refractivity contribution is -0.145. The molecule has 0 saturated heterocycles. The monoisotopic (exact) mass is 298 g/mol. The van der Waals surface area contributed by atoms with E-state index in [0.29, 0.717) is 5.57 Å². The molecule has 1 rings (SSSR count). The molecule has 114 valence electrons. The molecule has 1 unspecified atom stereocenters. The van der Waals surface area contributed by atoms with Gasteiger partial charge in [-0.2, -0.15) is 13.2 Å². The molecule has 1 atom stereocenters. The average molecular weight is 298 g/mol. The topological polar surface area (TPSA) is 26.3 Å². The van der Waals surface area contributed by atoms with Crippen molar-refractivity contribution in [2.75, 3.05) is 6.61 Å². The van der Waals surface area contributed by atoms with Crippen LogP contribution in [0.15, 0.2) is 43.5 Å². The normalized spacial score (nSPS) is 12.6. The van der Waals surface area contributed by atoms with Crippen molar-refractivity contribution >= 4 is 11.5 Å². The maximum Gasteiger partial charge on any atom is 0.416 e. The predicted octanol–water partition coefficient (Wildman–Crippen LogP) is 4.47. The van der Waals surface area contributed by atoms with Gasteiger partial charge in [0.25, 0.3) is 0 Å². The molecule has 0 aromatic heterocycles. The molecule has 0 aliphatic rings. The molecule has 0 fully saturated rings. The Kier molecular flexibility index (Phi) is 5.76. The van der Waals surface area contributed by atoms with Gasteiger partial charge in [-0.1, -0.05) is 24.8 Å². The van der Waals surface area contributed by atoms with Gasteiger partial charge >= 0.3 is 12.1 Å². The van der Waals surface area contributed by atoms with Gasteiger partial charge in [-0.25, -0.2) is 0 Å². The number of benzene rings is 1. The highest BCUT2D eigenvalue weighted by molar-refractivity contribution is 5.88. The minimum absolute atomic E-state index is 0.197. The van der Waals surface area contributed by atoms with E-state index in [1.165, 1.54) is 18.2 Å². The van der Waals surface area contributed by atoms with Crippen LogP contribution in [-0.4, -0.2) is 12.6 Å². The van der Waals surface area contributed by atoms with E-state index in [-0.39, 0.29) is 18.6 Å². The van der Waals surface area contributed by atoms with Crippen molar-refractivity contribution in [3.05, 3.63) is 54.6 Å². The van der Waals surface area contributed by atoms with Crippen molar-refractivity contribution in [1.29, 1.82) is 0 Å². The van der Waals surface area contributed by atoms with Crippen molar-refractivity contribution in [2.24, 2.45) is 5.92 Å². The maximum atomic E-state index is 12.7. The lowest BCUT2D eigenvalue weighted by atomic mass is 9.90. The Bertz CT molecular complexity index is 533. The van der Waals surface area contributed by atoms with E-state index in [0.717, 1.165) is 12.1 Å². The lowest BCUT2D eigenvalue weighted by Gasteiger charge is -2.18. The molecule has 0 bridgehead atoms. The van der Waals surface area contributed by atoms with Crippen LogP contribution in [0.5, 0.6) is 0 Å². The molecular formula is C16H17F3O2. The highest BCUT2D eigenvalue weighted by atomic mass is 19.4. The standard InChI is InChI=1S/C16H17F3O2/c1-4-7-14(15(20)21-5-2)11(3)12-8-6-9-13(10-12)16(17,18)19/h4,6,8-10,14H,1,3,5,7H2,2H3. The Balaban J connectivity index is 3.09. The summed E-state index contributed by atoms with van der Waals surface area (Å²) in [5.41, 5.74) is -0.216. The number of rotatable bonds is 6. The van der Waals surface area contributed by atoms with Crippen LogP contribution >= 0.6 is 0 Å². The Morgan fingerprint density at radius 1 is 1.43 bits per heavy atom. The molecule has 0 N–H and O–H groups in total. The van der Waals surface area contributed by atoms with E-state index in [2.05, 4.69) is 13.2 Å². The van der Waals surface area contributed by atoms with Gasteiger partial charge in [0.1, 0.15) is 0 Å². The van der Waals surface area contributed by atoms with Gasteiger partial charge in [0, 0.05) is 0 Å². The van der Waals surface area contributed by atoms with Crippen LogP contribution in [0.1, 0.15) is 24.5 Å². The highest BCUT2D eigenvalue weighted by Gasteiger charge is 2.31. The first-order chi connectivity index (χ1) is 9.81. The zero-order valence-electron chi connectivity index (χ0n) is 11.7. The van der Waals surface area contributed by atoms with Crippen LogP contribution in [0.3, 0.4) is 0 Å². The fraction of sp³-hybridized carbons (Fsp3) is 0.312. The van der Waals surface area contributed by atoms with E-state index in [4.69, 9.17) is 4.74 Å². The molecule has 0 heterocycles. The van der Waals surface area contributed by atoms with Crippen LogP contribution in [0.4, 0.5) is 13.2 Å². The molecule has 2 nitrogen and oxygen atoms in total. The predicted molar refractivity (Wildman–Crippen MR) is 75.4 cm³/mol. The summed E-state index contributed by atoms with van der Waals surface area (Å²) in [7, 11) is 0. The molecule has 0 amide bonds. The number of carbonyl (C=O) groups excluding carboxylic acids is 1. The number of hydrogen-bond donors (Lipinski definition) is 0. The second-order valence-corrected chi connectivity index (χ2v) is 4.43. The molecule has 21 heavy (non-hydrogen) atoms. The number of ether oxygens (including phenoxy) is 1. The van der Waals surface area contributed by atoms with Crippen LogP contribution in [0, 0.1) is 5.92 Å². The second kappa shape index (κ2) is 7.11. The molecule has 0 aliphatic carbocycles. The summed E-state index contributed by atoms with van der Waals surface area (Å²) < 4.78 is 43.1. The summed E-state index contributed by atoms with van der Waals surface area (Å²) in [5, 5.41) is 0. The van der Waals surface area contributed by atoms with Gasteiger partial charge in [0.05, 0.1) is 18.1 Å². The zero-order chi connectivity index (χ0) is 16.0. The Labute approximate surface area is 121 Å². The van der Waals surface area contributed by atoms with Crippen molar-refractivity contribution in [1.82, 2.24) is 0 Å². The summed E-state index contributed by atoms with van der Waals surface area (Å²) in [5.74, 6) is -1.24. The summed E-state index contributed by atoms with van der Waals surface area (Å²) in [4.78, 5) is 11.9. The molecule has 1 aromatic carbocycles. The zero-order valence-corrected chi connectivity index (χ0v) is 11.7. The third-order valence-corrected chi connectivity index (χ3v) is 2.95. The Morgan fingerprint density at radius 3 is 2.62 bits per heavy atom. The number of esters is 1. The van der Waals surface area contributed by atoms with E-state index >= 15 is 0 Å². The minimum atomic E-state index is -4.44. The summed E-state index contributed by atoms with van der Waals surface area (Å²) >= 11 is 0. The smallest absolute Gasteiger partial charge is 0.416 e. The number of carbonyl (C=O) groups is 1. The number of hydrogen-bond acceptors (Lipinski definition) is 2. The maximum absolute atomic E-state index is 12.7. The van der Waals surface area contributed by atoms with E-state index in [1.54, 1.807) is 6.92 Å². The fourth-order valence-electron chi connectivity index (χ4n) is 1.89. The van der Waals surface area contributed by atoms with Crippen LogP contribution < -0.4 is 0 Å². The number of halogens is 3. The molecule has 0 saturated carbocycles. The van der Waals surface area contributed by atoms with Gasteiger partial charge < -0.3 is 4.74 Å². The number of allylic oxidation sites excluding steroid dienone is 1. The van der Waals surface area contributed by atoms with Gasteiger partial charge in [-0.15, -0.1) is 6.58 Å². The molecule has 0 spiro atoms. The van der Waals surface area contributed by atoms with Crippen molar-refractivity contribution in [2.45, 2.75) is 19.5 Å². The van der Waals surface area contributed by atoms with E-state index in [1.807, 2.05) is 0 Å². The average Bonchev–Trinajstić information content (AvgIpc) is 2.43. The first kappa shape index (κ1) is 17.0. The Morgan fingerprint density at radius 2 is 2.10 bits per heavy atom. The third kappa shape index (κ3) is 4.48. The molecule has 0 radical (unpaired) electrons. The van der Waals surface area contributed by atoms with Gasteiger partial charge in [0.15, 0.2) is 0 Å². The van der Waals surface area contributed by atoms with Crippen molar-refractivity contribution in [3.63, 3.8) is 0 Å². The summed E-state index contributed by atoms with van der Waals surface area (Å²) in [6, 6.07) is 4.74.